The van der Waals surface area contributed by atoms with E-state index in [4.69, 9.17) is 4.74 Å². The van der Waals surface area contributed by atoms with Gasteiger partial charge in [0.2, 0.25) is 0 Å². The van der Waals surface area contributed by atoms with Crippen LogP contribution in [0.25, 0.3) is 0 Å². The van der Waals surface area contributed by atoms with Gasteiger partial charge in [0.25, 0.3) is 0 Å². The fourth-order valence-electron chi connectivity index (χ4n) is 2.34. The smallest absolute Gasteiger partial charge is 0.130 e. The highest BCUT2D eigenvalue weighted by atomic mass is 16.5. The third-order valence-electron chi connectivity index (χ3n) is 3.22. The minimum Gasteiger partial charge on any atom is -0.485 e. The van der Waals surface area contributed by atoms with E-state index in [1.807, 2.05) is 12.1 Å². The summed E-state index contributed by atoms with van der Waals surface area (Å²) in [7, 11) is 4.11. The third kappa shape index (κ3) is 1.33. The zero-order chi connectivity index (χ0) is 11.1. The average Bonchev–Trinajstić information content (AvgIpc) is 2.66. The molecule has 0 bridgehead atoms. The van der Waals surface area contributed by atoms with E-state index in [0.717, 1.165) is 5.75 Å². The molecular formula is C14H15NO. The minimum absolute atomic E-state index is 0.166. The van der Waals surface area contributed by atoms with Crippen LogP contribution in [0.15, 0.2) is 48.2 Å². The lowest BCUT2D eigenvalue weighted by molar-refractivity contribution is 0.264. The number of ether oxygens (including phenoxy) is 1. The molecule has 0 saturated carbocycles. The van der Waals surface area contributed by atoms with Crippen molar-refractivity contribution in [2.45, 2.75) is 12.0 Å². The van der Waals surface area contributed by atoms with Gasteiger partial charge in [-0.3, -0.25) is 0 Å². The first-order valence-electron chi connectivity index (χ1n) is 5.58. The quantitative estimate of drug-likeness (QED) is 0.711. The molecule has 0 fully saturated rings. The summed E-state index contributed by atoms with van der Waals surface area (Å²) in [6.07, 6.45) is 6.78. The third-order valence-corrected chi connectivity index (χ3v) is 3.22. The van der Waals surface area contributed by atoms with Crippen LogP contribution < -0.4 is 4.74 Å². The Labute approximate surface area is 95.8 Å². The van der Waals surface area contributed by atoms with Crippen LogP contribution in [0.3, 0.4) is 0 Å². The van der Waals surface area contributed by atoms with Crippen molar-refractivity contribution in [1.29, 1.82) is 0 Å². The van der Waals surface area contributed by atoms with E-state index >= 15 is 0 Å². The Hall–Kier alpha value is -1.70. The largest absolute Gasteiger partial charge is 0.485 e. The molecule has 82 valence electrons. The molecule has 1 heterocycles. The Morgan fingerprint density at radius 2 is 2.00 bits per heavy atom. The monoisotopic (exact) mass is 213 g/mol. The Bertz CT molecular complexity index is 473. The van der Waals surface area contributed by atoms with Gasteiger partial charge in [-0.05, 0) is 18.2 Å². The number of allylic oxidation sites excluding steroid dienone is 1. The van der Waals surface area contributed by atoms with Gasteiger partial charge in [-0.1, -0.05) is 24.3 Å². The van der Waals surface area contributed by atoms with E-state index in [1.165, 1.54) is 11.3 Å². The molecule has 0 spiro atoms. The molecule has 0 amide bonds. The molecule has 1 aliphatic carbocycles. The van der Waals surface area contributed by atoms with Crippen LogP contribution >= 0.6 is 0 Å². The number of hydrogen-bond donors (Lipinski definition) is 0. The molecule has 0 saturated heterocycles. The normalized spacial score (nSPS) is 25.5. The molecule has 16 heavy (non-hydrogen) atoms. The molecule has 3 rings (SSSR count). The lowest BCUT2D eigenvalue weighted by Gasteiger charge is -2.22. The van der Waals surface area contributed by atoms with Gasteiger partial charge in [-0.25, -0.2) is 0 Å². The van der Waals surface area contributed by atoms with Crippen LogP contribution in [-0.2, 0) is 0 Å². The van der Waals surface area contributed by atoms with Crippen LogP contribution in [0.2, 0.25) is 0 Å². The van der Waals surface area contributed by atoms with Crippen molar-refractivity contribution < 1.29 is 4.74 Å². The summed E-state index contributed by atoms with van der Waals surface area (Å²) in [6, 6.07) is 8.30. The molecule has 1 aliphatic heterocycles. The standard InChI is InChI=1S/C14H15NO/c1-15(2)10-7-8-12-11-5-3-4-6-13(11)16-14(12)9-10/h3-9,12,14H,1-2H3. The molecule has 2 aliphatic rings. The summed E-state index contributed by atoms with van der Waals surface area (Å²) in [4.78, 5) is 2.11. The lowest BCUT2D eigenvalue weighted by Crippen LogP contribution is -2.22. The first kappa shape index (κ1) is 9.52. The van der Waals surface area contributed by atoms with Crippen molar-refractivity contribution in [1.82, 2.24) is 4.90 Å². The molecule has 0 radical (unpaired) electrons. The first-order chi connectivity index (χ1) is 7.75. The number of rotatable bonds is 1. The molecule has 1 aromatic carbocycles. The van der Waals surface area contributed by atoms with Gasteiger partial charge in [-0.15, -0.1) is 0 Å². The van der Waals surface area contributed by atoms with Gasteiger partial charge in [0.15, 0.2) is 0 Å². The number of likely N-dealkylation sites (N-methyl/N-ethyl adjacent to an activating group) is 1. The Morgan fingerprint density at radius 3 is 2.81 bits per heavy atom. The van der Waals surface area contributed by atoms with E-state index in [2.05, 4.69) is 49.4 Å². The van der Waals surface area contributed by atoms with Crippen LogP contribution in [0.5, 0.6) is 5.75 Å². The molecule has 1 aromatic rings. The van der Waals surface area contributed by atoms with Crippen LogP contribution in [-0.4, -0.2) is 25.1 Å². The molecule has 2 atom stereocenters. The maximum atomic E-state index is 5.94. The van der Waals surface area contributed by atoms with Crippen molar-refractivity contribution in [3.8, 4) is 5.75 Å². The minimum atomic E-state index is 0.166. The molecule has 0 aromatic heterocycles. The second-order valence-electron chi connectivity index (χ2n) is 4.49. The number of hydrogen-bond acceptors (Lipinski definition) is 2. The second kappa shape index (κ2) is 3.41. The maximum Gasteiger partial charge on any atom is 0.130 e. The first-order valence-corrected chi connectivity index (χ1v) is 5.58. The number of benzene rings is 1. The number of nitrogens with zero attached hydrogens (tertiary/aromatic N) is 1. The molecule has 2 heteroatoms. The SMILES string of the molecule is CN(C)C1=CC2Oc3ccccc3C2C=C1. The maximum absolute atomic E-state index is 5.94. The van der Waals surface area contributed by atoms with Gasteiger partial charge in [-0.2, -0.15) is 0 Å². The summed E-state index contributed by atoms with van der Waals surface area (Å²) in [5.74, 6) is 1.42. The highest BCUT2D eigenvalue weighted by molar-refractivity contribution is 5.47. The highest BCUT2D eigenvalue weighted by Gasteiger charge is 2.32. The van der Waals surface area contributed by atoms with Crippen molar-refractivity contribution >= 4 is 0 Å². The van der Waals surface area contributed by atoms with Gasteiger partial charge in [0.05, 0.1) is 0 Å². The topological polar surface area (TPSA) is 12.5 Å². The van der Waals surface area contributed by atoms with Gasteiger partial charge < -0.3 is 9.64 Å². The zero-order valence-corrected chi connectivity index (χ0v) is 9.55. The fourth-order valence-corrected chi connectivity index (χ4v) is 2.34. The summed E-state index contributed by atoms with van der Waals surface area (Å²) < 4.78 is 5.94. The van der Waals surface area contributed by atoms with E-state index in [0.29, 0.717) is 5.92 Å². The second-order valence-corrected chi connectivity index (χ2v) is 4.49. The summed E-state index contributed by atoms with van der Waals surface area (Å²) in [6.45, 7) is 0. The van der Waals surface area contributed by atoms with E-state index in [1.54, 1.807) is 0 Å². The van der Waals surface area contributed by atoms with Crippen molar-refractivity contribution in [2.24, 2.45) is 0 Å². The Kier molecular flexibility index (Phi) is 2.03. The van der Waals surface area contributed by atoms with E-state index in [9.17, 15) is 0 Å². The van der Waals surface area contributed by atoms with Gasteiger partial charge in [0.1, 0.15) is 11.9 Å². The summed E-state index contributed by atoms with van der Waals surface area (Å²) >= 11 is 0. The van der Waals surface area contributed by atoms with E-state index < -0.39 is 0 Å². The zero-order valence-electron chi connectivity index (χ0n) is 9.55. The summed E-state index contributed by atoms with van der Waals surface area (Å²) in [5, 5.41) is 0. The van der Waals surface area contributed by atoms with Gasteiger partial charge >= 0.3 is 0 Å². The predicted molar refractivity (Wildman–Crippen MR) is 64.5 cm³/mol. The predicted octanol–water partition coefficient (Wildman–Crippen LogP) is 2.55. The lowest BCUT2D eigenvalue weighted by atomic mass is 9.91. The van der Waals surface area contributed by atoms with Crippen LogP contribution in [0.4, 0.5) is 0 Å². The summed E-state index contributed by atoms with van der Waals surface area (Å²) in [5.41, 5.74) is 2.52. The number of fused-ring (bicyclic) bond motifs is 3. The van der Waals surface area contributed by atoms with Crippen LogP contribution in [0, 0.1) is 0 Å². The Morgan fingerprint density at radius 1 is 1.19 bits per heavy atom. The van der Waals surface area contributed by atoms with E-state index in [-0.39, 0.29) is 6.10 Å². The molecule has 2 unspecified atom stereocenters. The van der Waals surface area contributed by atoms with Crippen LogP contribution in [0.1, 0.15) is 11.5 Å². The van der Waals surface area contributed by atoms with Crippen molar-refractivity contribution in [3.63, 3.8) is 0 Å². The number of para-hydroxylation sites is 1. The molecule has 2 nitrogen and oxygen atoms in total. The average molecular weight is 213 g/mol. The molecule has 0 N–H and O–H groups in total. The van der Waals surface area contributed by atoms with Gasteiger partial charge in [0, 0.05) is 31.3 Å². The Balaban J connectivity index is 1.97. The highest BCUT2D eigenvalue weighted by Crippen LogP contribution is 2.41. The van der Waals surface area contributed by atoms with Crippen molar-refractivity contribution in [2.75, 3.05) is 14.1 Å². The van der Waals surface area contributed by atoms with Crippen molar-refractivity contribution in [3.05, 3.63) is 53.8 Å². The molecular weight excluding hydrogens is 198 g/mol. The fraction of sp³-hybridized carbons (Fsp3) is 0.286.